The average Bonchev–Trinajstić information content (AvgIpc) is 2.97. The standard InChI is InChI=1S/C19H17F4N3/c1-11(24-9-13-4-3-5-16(21)19(13)23)15-10-25-26(12(15)2)18-7-6-14(20)8-17(18)22/h3-8,10-11,24H,9H2,1-2H3. The maximum Gasteiger partial charge on any atom is 0.163 e. The van der Waals surface area contributed by atoms with Gasteiger partial charge in [0, 0.05) is 35.5 Å². The average molecular weight is 363 g/mol. The molecule has 0 radical (unpaired) electrons. The molecule has 3 nitrogen and oxygen atoms in total. The smallest absolute Gasteiger partial charge is 0.163 e. The summed E-state index contributed by atoms with van der Waals surface area (Å²) in [7, 11) is 0. The topological polar surface area (TPSA) is 29.9 Å². The highest BCUT2D eigenvalue weighted by Gasteiger charge is 2.17. The SMILES string of the molecule is Cc1c(C(C)NCc2cccc(F)c2F)cnn1-c1ccc(F)cc1F. The van der Waals surface area contributed by atoms with E-state index in [4.69, 9.17) is 0 Å². The fraction of sp³-hybridized carbons (Fsp3) is 0.211. The maximum absolute atomic E-state index is 14.0. The molecule has 0 aliphatic heterocycles. The molecule has 0 aliphatic rings. The molecule has 0 bridgehead atoms. The Balaban J connectivity index is 1.79. The molecule has 0 spiro atoms. The zero-order chi connectivity index (χ0) is 18.8. The third-order valence-electron chi connectivity index (χ3n) is 4.28. The van der Waals surface area contributed by atoms with Gasteiger partial charge >= 0.3 is 0 Å². The van der Waals surface area contributed by atoms with Crippen molar-refractivity contribution in [3.8, 4) is 5.69 Å². The van der Waals surface area contributed by atoms with Crippen molar-refractivity contribution in [1.29, 1.82) is 0 Å². The summed E-state index contributed by atoms with van der Waals surface area (Å²) >= 11 is 0. The molecule has 1 atom stereocenters. The minimum absolute atomic E-state index is 0.125. The Morgan fingerprint density at radius 2 is 1.85 bits per heavy atom. The van der Waals surface area contributed by atoms with Gasteiger partial charge in [0.25, 0.3) is 0 Å². The Hall–Kier alpha value is -2.67. The van der Waals surface area contributed by atoms with E-state index in [2.05, 4.69) is 10.4 Å². The lowest BCUT2D eigenvalue weighted by Crippen LogP contribution is -2.19. The van der Waals surface area contributed by atoms with Gasteiger partial charge in [-0.3, -0.25) is 0 Å². The molecule has 0 amide bonds. The van der Waals surface area contributed by atoms with Crippen LogP contribution >= 0.6 is 0 Å². The number of nitrogens with zero attached hydrogens (tertiary/aromatic N) is 2. The van der Waals surface area contributed by atoms with Crippen molar-refractivity contribution in [3.05, 3.63) is 82.7 Å². The first-order chi connectivity index (χ1) is 12.4. The minimum atomic E-state index is -0.896. The van der Waals surface area contributed by atoms with Crippen molar-refractivity contribution in [1.82, 2.24) is 15.1 Å². The van der Waals surface area contributed by atoms with E-state index in [1.165, 1.54) is 22.9 Å². The van der Waals surface area contributed by atoms with Gasteiger partial charge in [0.05, 0.1) is 6.20 Å². The highest BCUT2D eigenvalue weighted by molar-refractivity contribution is 5.37. The Bertz CT molecular complexity index is 937. The Labute approximate surface area is 148 Å². The van der Waals surface area contributed by atoms with Crippen LogP contribution in [0.3, 0.4) is 0 Å². The number of benzene rings is 2. The summed E-state index contributed by atoms with van der Waals surface area (Å²) in [5.74, 6) is -3.16. The highest BCUT2D eigenvalue weighted by Crippen LogP contribution is 2.23. The summed E-state index contributed by atoms with van der Waals surface area (Å²) in [5, 5.41) is 7.26. The summed E-state index contributed by atoms with van der Waals surface area (Å²) < 4.78 is 55.4. The van der Waals surface area contributed by atoms with Crippen LogP contribution in [0, 0.1) is 30.2 Å². The Morgan fingerprint density at radius 3 is 2.58 bits per heavy atom. The van der Waals surface area contributed by atoms with E-state index >= 15 is 0 Å². The fourth-order valence-electron chi connectivity index (χ4n) is 2.80. The number of hydrogen-bond donors (Lipinski definition) is 1. The molecule has 0 aliphatic carbocycles. The summed E-state index contributed by atoms with van der Waals surface area (Å²) in [6.07, 6.45) is 1.57. The second-order valence-corrected chi connectivity index (χ2v) is 6.01. The molecular formula is C19H17F4N3. The van der Waals surface area contributed by atoms with Gasteiger partial charge in [-0.1, -0.05) is 12.1 Å². The van der Waals surface area contributed by atoms with Gasteiger partial charge in [0.2, 0.25) is 0 Å². The van der Waals surface area contributed by atoms with E-state index in [9.17, 15) is 17.6 Å². The van der Waals surface area contributed by atoms with Gasteiger partial charge < -0.3 is 5.32 Å². The van der Waals surface area contributed by atoms with E-state index in [0.29, 0.717) is 5.69 Å². The molecule has 0 fully saturated rings. The first-order valence-electron chi connectivity index (χ1n) is 8.04. The molecule has 3 aromatic rings. The summed E-state index contributed by atoms with van der Waals surface area (Å²) in [4.78, 5) is 0. The number of nitrogens with one attached hydrogen (secondary N) is 1. The fourth-order valence-corrected chi connectivity index (χ4v) is 2.80. The molecule has 3 rings (SSSR count). The number of rotatable bonds is 5. The lowest BCUT2D eigenvalue weighted by Gasteiger charge is -2.15. The van der Waals surface area contributed by atoms with Crippen LogP contribution in [-0.2, 0) is 6.54 Å². The second-order valence-electron chi connectivity index (χ2n) is 6.01. The van der Waals surface area contributed by atoms with E-state index in [-0.39, 0.29) is 23.8 Å². The predicted molar refractivity (Wildman–Crippen MR) is 89.8 cm³/mol. The maximum atomic E-state index is 14.0. The lowest BCUT2D eigenvalue weighted by atomic mass is 10.1. The first kappa shape index (κ1) is 18.1. The number of hydrogen-bond acceptors (Lipinski definition) is 2. The van der Waals surface area contributed by atoms with E-state index in [1.807, 2.05) is 6.92 Å². The van der Waals surface area contributed by atoms with Gasteiger partial charge in [0.15, 0.2) is 17.5 Å². The molecule has 0 saturated carbocycles. The highest BCUT2D eigenvalue weighted by atomic mass is 19.2. The minimum Gasteiger partial charge on any atom is -0.306 e. The van der Waals surface area contributed by atoms with Crippen molar-refractivity contribution in [2.75, 3.05) is 0 Å². The quantitative estimate of drug-likeness (QED) is 0.672. The second kappa shape index (κ2) is 7.29. The Kier molecular flexibility index (Phi) is 5.08. The van der Waals surface area contributed by atoms with Crippen LogP contribution < -0.4 is 5.32 Å². The van der Waals surface area contributed by atoms with Crippen LogP contribution in [0.4, 0.5) is 17.6 Å². The van der Waals surface area contributed by atoms with Gasteiger partial charge in [-0.05, 0) is 32.0 Å². The summed E-state index contributed by atoms with van der Waals surface area (Å²) in [6.45, 7) is 3.72. The number of aromatic nitrogens is 2. The molecule has 1 unspecified atom stereocenters. The molecule has 7 heteroatoms. The predicted octanol–water partition coefficient (Wildman–Crippen LogP) is 4.59. The third-order valence-corrected chi connectivity index (χ3v) is 4.28. The van der Waals surface area contributed by atoms with Crippen molar-refractivity contribution in [3.63, 3.8) is 0 Å². The normalized spacial score (nSPS) is 12.4. The largest absolute Gasteiger partial charge is 0.306 e. The molecule has 26 heavy (non-hydrogen) atoms. The van der Waals surface area contributed by atoms with Gasteiger partial charge in [0.1, 0.15) is 11.5 Å². The lowest BCUT2D eigenvalue weighted by molar-refractivity contribution is 0.484. The first-order valence-corrected chi connectivity index (χ1v) is 8.04. The van der Waals surface area contributed by atoms with Gasteiger partial charge in [-0.15, -0.1) is 0 Å². The van der Waals surface area contributed by atoms with Crippen LogP contribution in [0.5, 0.6) is 0 Å². The molecule has 2 aromatic carbocycles. The zero-order valence-corrected chi connectivity index (χ0v) is 14.2. The monoisotopic (exact) mass is 363 g/mol. The molecule has 1 N–H and O–H groups in total. The van der Waals surface area contributed by atoms with Crippen LogP contribution in [0.25, 0.3) is 5.69 Å². The van der Waals surface area contributed by atoms with E-state index in [1.54, 1.807) is 13.1 Å². The third kappa shape index (κ3) is 3.48. The van der Waals surface area contributed by atoms with Crippen molar-refractivity contribution >= 4 is 0 Å². The van der Waals surface area contributed by atoms with Crippen LogP contribution in [0.15, 0.2) is 42.6 Å². The molecule has 136 valence electrons. The van der Waals surface area contributed by atoms with Crippen molar-refractivity contribution in [2.24, 2.45) is 0 Å². The summed E-state index contributed by atoms with van der Waals surface area (Å²) in [6, 6.07) is 7.04. The molecule has 1 aromatic heterocycles. The Morgan fingerprint density at radius 1 is 1.08 bits per heavy atom. The molecule has 1 heterocycles. The van der Waals surface area contributed by atoms with Crippen LogP contribution in [0.2, 0.25) is 0 Å². The zero-order valence-electron chi connectivity index (χ0n) is 14.2. The number of halogens is 4. The van der Waals surface area contributed by atoms with E-state index in [0.717, 1.165) is 23.8 Å². The molecule has 0 saturated heterocycles. The van der Waals surface area contributed by atoms with E-state index < -0.39 is 23.3 Å². The molecular weight excluding hydrogens is 346 g/mol. The van der Waals surface area contributed by atoms with Crippen molar-refractivity contribution in [2.45, 2.75) is 26.4 Å². The van der Waals surface area contributed by atoms with Crippen molar-refractivity contribution < 1.29 is 17.6 Å². The van der Waals surface area contributed by atoms with Crippen LogP contribution in [-0.4, -0.2) is 9.78 Å². The van der Waals surface area contributed by atoms with Gasteiger partial charge in [-0.2, -0.15) is 5.10 Å². The summed E-state index contributed by atoms with van der Waals surface area (Å²) in [5.41, 5.74) is 1.78. The van der Waals surface area contributed by atoms with Crippen LogP contribution in [0.1, 0.15) is 29.8 Å². The van der Waals surface area contributed by atoms with Gasteiger partial charge in [-0.25, -0.2) is 22.2 Å².